The summed E-state index contributed by atoms with van der Waals surface area (Å²) < 4.78 is 0. The van der Waals surface area contributed by atoms with Gasteiger partial charge in [-0.25, -0.2) is 0 Å². The number of hydrogen-bond donors (Lipinski definition) is 1. The Kier molecular flexibility index (Phi) is 6.02. The summed E-state index contributed by atoms with van der Waals surface area (Å²) in [7, 11) is 0. The van der Waals surface area contributed by atoms with Crippen LogP contribution in [0.3, 0.4) is 0 Å². The highest BCUT2D eigenvalue weighted by atomic mass is 32.2. The number of aliphatic hydroxyl groups is 1. The van der Waals surface area contributed by atoms with E-state index in [-0.39, 0.29) is 29.0 Å². The van der Waals surface area contributed by atoms with E-state index in [0.717, 1.165) is 24.2 Å². The Labute approximate surface area is 184 Å². The molecule has 30 heavy (non-hydrogen) atoms. The second-order valence-corrected chi connectivity index (χ2v) is 11.5. The zero-order valence-electron chi connectivity index (χ0n) is 18.4. The fourth-order valence-corrected chi connectivity index (χ4v) is 7.39. The van der Waals surface area contributed by atoms with Gasteiger partial charge in [0.25, 0.3) is 0 Å². The van der Waals surface area contributed by atoms with E-state index in [1.807, 2.05) is 24.3 Å². The molecular weight excluding hydrogens is 392 g/mol. The minimum absolute atomic E-state index is 0.00693. The lowest BCUT2D eigenvalue weighted by Crippen LogP contribution is -2.48. The molecule has 1 N–H and O–H groups in total. The molecule has 4 heteroatoms. The number of hydrogen-bond acceptors (Lipinski definition) is 4. The van der Waals surface area contributed by atoms with E-state index in [1.165, 1.54) is 0 Å². The van der Waals surface area contributed by atoms with Crippen LogP contribution in [-0.2, 0) is 9.59 Å². The van der Waals surface area contributed by atoms with Crippen LogP contribution in [0.1, 0.15) is 59.3 Å². The number of benzene rings is 1. The van der Waals surface area contributed by atoms with Crippen LogP contribution in [0.2, 0.25) is 0 Å². The van der Waals surface area contributed by atoms with Gasteiger partial charge in [0, 0.05) is 34.0 Å². The minimum Gasteiger partial charge on any atom is -0.388 e. The van der Waals surface area contributed by atoms with Crippen molar-refractivity contribution in [3.8, 4) is 0 Å². The summed E-state index contributed by atoms with van der Waals surface area (Å²) in [6, 6.07) is 10.1. The Balaban J connectivity index is 1.59. The van der Waals surface area contributed by atoms with Gasteiger partial charge in [0.2, 0.25) is 0 Å². The maximum Gasteiger partial charge on any atom is 0.165 e. The predicted molar refractivity (Wildman–Crippen MR) is 121 cm³/mol. The summed E-state index contributed by atoms with van der Waals surface area (Å²) in [4.78, 5) is 27.9. The lowest BCUT2D eigenvalue weighted by atomic mass is 9.53. The average Bonchev–Trinajstić information content (AvgIpc) is 3.02. The Bertz CT molecular complexity index is 843. The first-order valence-corrected chi connectivity index (χ1v) is 12.4. The van der Waals surface area contributed by atoms with Gasteiger partial charge in [-0.3, -0.25) is 9.59 Å². The molecule has 1 fully saturated rings. The van der Waals surface area contributed by atoms with Crippen LogP contribution in [0.25, 0.3) is 0 Å². The van der Waals surface area contributed by atoms with Crippen LogP contribution < -0.4 is 0 Å². The van der Waals surface area contributed by atoms with Gasteiger partial charge in [-0.1, -0.05) is 51.5 Å². The number of allylic oxidation sites excluding steroid dienone is 1. The van der Waals surface area contributed by atoms with E-state index in [9.17, 15) is 14.7 Å². The standard InChI is InChI=1S/C26H34O3S/c1-25(2)12-7-13-26(3)22(25)15-21(27)19-14-17(10-11-23(26)28)20(24(19)29)16-30-18-8-5-4-6-9-18/h4-6,8-9,14,17,20-22,27H,7,10-13,15-16H2,1-3H3/t17-,20+,21+,22+,26+/m0/s1. The van der Waals surface area contributed by atoms with E-state index in [4.69, 9.17) is 0 Å². The number of aliphatic hydroxyl groups excluding tert-OH is 1. The summed E-state index contributed by atoms with van der Waals surface area (Å²) >= 11 is 1.69. The molecule has 3 nitrogen and oxygen atoms in total. The second-order valence-electron chi connectivity index (χ2n) is 10.4. The normalized spacial score (nSPS) is 36.2. The SMILES string of the molecule is CC1(C)CCC[C@@]2(C)C(=O)CC[C@H]3C=C(C(=O)[C@@H]3CSc3ccccc3)[C@H](O)C[C@H]12. The number of Topliss-reactive ketones (excluding diaryl/α,β-unsaturated/α-hetero) is 2. The van der Waals surface area contributed by atoms with Crippen molar-refractivity contribution < 1.29 is 14.7 Å². The van der Waals surface area contributed by atoms with Gasteiger partial charge in [0.1, 0.15) is 5.78 Å². The van der Waals surface area contributed by atoms with Crippen LogP contribution in [0, 0.1) is 28.6 Å². The molecular formula is C26H34O3S. The summed E-state index contributed by atoms with van der Waals surface area (Å²) in [5.74, 6) is 1.14. The van der Waals surface area contributed by atoms with Crippen LogP contribution in [0.15, 0.2) is 46.9 Å². The van der Waals surface area contributed by atoms with E-state index in [1.54, 1.807) is 11.8 Å². The van der Waals surface area contributed by atoms with E-state index < -0.39 is 11.5 Å². The van der Waals surface area contributed by atoms with Gasteiger partial charge < -0.3 is 5.11 Å². The van der Waals surface area contributed by atoms with E-state index in [2.05, 4.69) is 32.9 Å². The van der Waals surface area contributed by atoms with Crippen LogP contribution in [0.4, 0.5) is 0 Å². The van der Waals surface area contributed by atoms with Crippen LogP contribution in [0.5, 0.6) is 0 Å². The predicted octanol–water partition coefficient (Wildman–Crippen LogP) is 5.47. The van der Waals surface area contributed by atoms with Crippen molar-refractivity contribution in [1.82, 2.24) is 0 Å². The Morgan fingerprint density at radius 3 is 2.57 bits per heavy atom. The summed E-state index contributed by atoms with van der Waals surface area (Å²) in [5.41, 5.74) is 0.210. The molecule has 2 bridgehead atoms. The van der Waals surface area contributed by atoms with Gasteiger partial charge in [0.15, 0.2) is 5.78 Å². The van der Waals surface area contributed by atoms with Crippen LogP contribution >= 0.6 is 11.8 Å². The molecule has 0 radical (unpaired) electrons. The van der Waals surface area contributed by atoms with Crippen molar-refractivity contribution in [2.75, 3.05) is 5.75 Å². The summed E-state index contributed by atoms with van der Waals surface area (Å²) in [6.45, 7) is 6.58. The molecule has 3 aliphatic carbocycles. The van der Waals surface area contributed by atoms with Gasteiger partial charge in [-0.05, 0) is 55.1 Å². The maximum atomic E-state index is 13.4. The first-order chi connectivity index (χ1) is 14.2. The molecule has 1 aromatic carbocycles. The van der Waals surface area contributed by atoms with Crippen molar-refractivity contribution in [2.45, 2.75) is 70.3 Å². The fraction of sp³-hybridized carbons (Fsp3) is 0.615. The first-order valence-electron chi connectivity index (χ1n) is 11.4. The Hall–Kier alpha value is -1.39. The smallest absolute Gasteiger partial charge is 0.165 e. The molecule has 162 valence electrons. The molecule has 4 rings (SSSR count). The zero-order valence-corrected chi connectivity index (χ0v) is 19.2. The largest absolute Gasteiger partial charge is 0.388 e. The van der Waals surface area contributed by atoms with Gasteiger partial charge in [-0.2, -0.15) is 0 Å². The molecule has 0 amide bonds. The molecule has 3 aliphatic rings. The highest BCUT2D eigenvalue weighted by Crippen LogP contribution is 2.55. The topological polar surface area (TPSA) is 54.4 Å². The maximum absolute atomic E-state index is 13.4. The molecule has 0 aliphatic heterocycles. The molecule has 0 spiro atoms. The number of carbonyl (C=O) groups is 2. The van der Waals surface area contributed by atoms with Gasteiger partial charge in [-0.15, -0.1) is 11.8 Å². The quantitative estimate of drug-likeness (QED) is 0.652. The van der Waals surface area contributed by atoms with Crippen molar-refractivity contribution in [3.05, 3.63) is 42.0 Å². The van der Waals surface area contributed by atoms with E-state index >= 15 is 0 Å². The van der Waals surface area contributed by atoms with Crippen molar-refractivity contribution in [1.29, 1.82) is 0 Å². The molecule has 0 heterocycles. The first kappa shape index (κ1) is 21.8. The lowest BCUT2D eigenvalue weighted by Gasteiger charge is -2.51. The number of carbonyl (C=O) groups excluding carboxylic acids is 2. The zero-order chi connectivity index (χ0) is 21.5. The third-order valence-corrected chi connectivity index (χ3v) is 9.23. The number of fused-ring (bicyclic) bond motifs is 2. The fourth-order valence-electron chi connectivity index (χ4n) is 6.27. The molecule has 0 saturated heterocycles. The molecule has 1 aromatic rings. The Morgan fingerprint density at radius 2 is 1.83 bits per heavy atom. The monoisotopic (exact) mass is 426 g/mol. The van der Waals surface area contributed by atoms with Crippen molar-refractivity contribution in [3.63, 3.8) is 0 Å². The van der Waals surface area contributed by atoms with Gasteiger partial charge in [0.05, 0.1) is 6.10 Å². The molecule has 1 saturated carbocycles. The summed E-state index contributed by atoms with van der Waals surface area (Å²) in [5, 5.41) is 11.2. The summed E-state index contributed by atoms with van der Waals surface area (Å²) in [6.07, 6.45) is 6.03. The lowest BCUT2D eigenvalue weighted by molar-refractivity contribution is -0.140. The Morgan fingerprint density at radius 1 is 1.10 bits per heavy atom. The van der Waals surface area contributed by atoms with Crippen molar-refractivity contribution in [2.24, 2.45) is 28.6 Å². The second kappa shape index (κ2) is 8.27. The third-order valence-electron chi connectivity index (χ3n) is 8.09. The number of rotatable bonds is 3. The molecule has 5 atom stereocenters. The number of thioether (sulfide) groups is 1. The average molecular weight is 427 g/mol. The number of ketones is 2. The molecule has 0 unspecified atom stereocenters. The minimum atomic E-state index is -0.765. The van der Waals surface area contributed by atoms with E-state index in [0.29, 0.717) is 36.4 Å². The third kappa shape index (κ3) is 3.93. The van der Waals surface area contributed by atoms with Crippen LogP contribution in [-0.4, -0.2) is 28.5 Å². The molecule has 0 aromatic heterocycles. The van der Waals surface area contributed by atoms with Crippen molar-refractivity contribution >= 4 is 23.3 Å². The highest BCUT2D eigenvalue weighted by molar-refractivity contribution is 7.99. The van der Waals surface area contributed by atoms with Gasteiger partial charge >= 0.3 is 0 Å². The highest BCUT2D eigenvalue weighted by Gasteiger charge is 2.52.